The largest absolute Gasteiger partial charge is 0.302 e. The SMILES string of the molecule is CC(C)C(C)CN1CCC2(CCN(S(C)(=O)=O)CC2)C1. The van der Waals surface area contributed by atoms with Crippen molar-refractivity contribution in [2.45, 2.75) is 40.0 Å². The Balaban J connectivity index is 1.87. The third kappa shape index (κ3) is 3.74. The minimum atomic E-state index is -3.00. The number of likely N-dealkylation sites (tertiary alicyclic amines) is 1. The van der Waals surface area contributed by atoms with Gasteiger partial charge in [0.05, 0.1) is 6.26 Å². The maximum Gasteiger partial charge on any atom is 0.211 e. The van der Waals surface area contributed by atoms with Crippen molar-refractivity contribution in [3.8, 4) is 0 Å². The number of hydrogen-bond acceptors (Lipinski definition) is 3. The monoisotopic (exact) mass is 302 g/mol. The molecule has 4 nitrogen and oxygen atoms in total. The predicted octanol–water partition coefficient (Wildman–Crippen LogP) is 2.03. The average molecular weight is 302 g/mol. The molecular formula is C15H30N2O2S. The lowest BCUT2D eigenvalue weighted by Gasteiger charge is -2.38. The molecule has 0 aromatic rings. The lowest BCUT2D eigenvalue weighted by atomic mass is 9.78. The van der Waals surface area contributed by atoms with Crippen LogP contribution in [-0.4, -0.2) is 56.6 Å². The van der Waals surface area contributed by atoms with Crippen molar-refractivity contribution in [2.24, 2.45) is 17.3 Å². The second kappa shape index (κ2) is 5.93. The molecule has 0 N–H and O–H groups in total. The van der Waals surface area contributed by atoms with Crippen LogP contribution in [0, 0.1) is 17.3 Å². The molecule has 0 amide bonds. The Kier molecular flexibility index (Phi) is 4.82. The Morgan fingerprint density at radius 3 is 2.10 bits per heavy atom. The number of sulfonamides is 1. The number of piperidine rings is 1. The summed E-state index contributed by atoms with van der Waals surface area (Å²) in [6.07, 6.45) is 4.64. The Hall–Kier alpha value is -0.130. The third-order valence-corrected chi connectivity index (χ3v) is 6.76. The van der Waals surface area contributed by atoms with E-state index in [-0.39, 0.29) is 0 Å². The molecule has 0 aromatic heterocycles. The van der Waals surface area contributed by atoms with E-state index in [0.29, 0.717) is 18.5 Å². The molecule has 20 heavy (non-hydrogen) atoms. The first-order valence-electron chi connectivity index (χ1n) is 7.89. The van der Waals surface area contributed by atoms with E-state index < -0.39 is 10.0 Å². The van der Waals surface area contributed by atoms with Crippen molar-refractivity contribution in [2.75, 3.05) is 39.0 Å². The molecule has 2 saturated heterocycles. The van der Waals surface area contributed by atoms with Crippen LogP contribution in [0.25, 0.3) is 0 Å². The zero-order chi connectivity index (χ0) is 15.0. The van der Waals surface area contributed by atoms with Crippen molar-refractivity contribution in [1.82, 2.24) is 9.21 Å². The topological polar surface area (TPSA) is 40.6 Å². The number of nitrogens with zero attached hydrogens (tertiary/aromatic N) is 2. The van der Waals surface area contributed by atoms with E-state index in [1.165, 1.54) is 32.3 Å². The fourth-order valence-electron chi connectivity index (χ4n) is 3.50. The van der Waals surface area contributed by atoms with E-state index in [0.717, 1.165) is 24.7 Å². The molecule has 0 saturated carbocycles. The van der Waals surface area contributed by atoms with Crippen molar-refractivity contribution in [3.05, 3.63) is 0 Å². The van der Waals surface area contributed by atoms with Gasteiger partial charge in [-0.15, -0.1) is 0 Å². The quantitative estimate of drug-likeness (QED) is 0.798. The fraction of sp³-hybridized carbons (Fsp3) is 1.00. The summed E-state index contributed by atoms with van der Waals surface area (Å²) in [6.45, 7) is 11.9. The maximum atomic E-state index is 11.6. The van der Waals surface area contributed by atoms with E-state index in [1.807, 2.05) is 0 Å². The van der Waals surface area contributed by atoms with Gasteiger partial charge in [0.2, 0.25) is 10.0 Å². The van der Waals surface area contributed by atoms with Gasteiger partial charge in [0, 0.05) is 26.2 Å². The highest BCUT2D eigenvalue weighted by molar-refractivity contribution is 7.88. The van der Waals surface area contributed by atoms with Gasteiger partial charge in [0.15, 0.2) is 0 Å². The highest BCUT2D eigenvalue weighted by Gasteiger charge is 2.42. The number of hydrogen-bond donors (Lipinski definition) is 0. The van der Waals surface area contributed by atoms with E-state index in [1.54, 1.807) is 4.31 Å². The highest BCUT2D eigenvalue weighted by atomic mass is 32.2. The normalized spacial score (nSPS) is 26.4. The summed E-state index contributed by atoms with van der Waals surface area (Å²) >= 11 is 0. The van der Waals surface area contributed by atoms with Gasteiger partial charge in [0.1, 0.15) is 0 Å². The van der Waals surface area contributed by atoms with Crippen LogP contribution in [0.3, 0.4) is 0 Å². The summed E-state index contributed by atoms with van der Waals surface area (Å²) in [5.74, 6) is 1.47. The Morgan fingerprint density at radius 1 is 1.05 bits per heavy atom. The van der Waals surface area contributed by atoms with E-state index in [4.69, 9.17) is 0 Å². The first-order valence-corrected chi connectivity index (χ1v) is 9.74. The average Bonchev–Trinajstić information content (AvgIpc) is 2.71. The second-order valence-electron chi connectivity index (χ2n) is 7.37. The summed E-state index contributed by atoms with van der Waals surface area (Å²) in [6, 6.07) is 0. The summed E-state index contributed by atoms with van der Waals surface area (Å²) in [4.78, 5) is 2.60. The molecule has 2 aliphatic heterocycles. The minimum Gasteiger partial charge on any atom is -0.302 e. The molecule has 0 aliphatic carbocycles. The van der Waals surface area contributed by atoms with Gasteiger partial charge < -0.3 is 4.90 Å². The summed E-state index contributed by atoms with van der Waals surface area (Å²) < 4.78 is 24.8. The fourth-order valence-corrected chi connectivity index (χ4v) is 4.35. The summed E-state index contributed by atoms with van der Waals surface area (Å²) in [5.41, 5.74) is 0.387. The van der Waals surface area contributed by atoms with Crippen LogP contribution < -0.4 is 0 Å². The van der Waals surface area contributed by atoms with Crippen molar-refractivity contribution < 1.29 is 8.42 Å². The molecule has 1 unspecified atom stereocenters. The molecule has 0 aromatic carbocycles. The molecule has 2 aliphatic rings. The van der Waals surface area contributed by atoms with E-state index >= 15 is 0 Å². The predicted molar refractivity (Wildman–Crippen MR) is 83.1 cm³/mol. The van der Waals surface area contributed by atoms with Gasteiger partial charge >= 0.3 is 0 Å². The van der Waals surface area contributed by atoms with Crippen molar-refractivity contribution in [3.63, 3.8) is 0 Å². The van der Waals surface area contributed by atoms with E-state index in [9.17, 15) is 8.42 Å². The zero-order valence-electron chi connectivity index (χ0n) is 13.4. The lowest BCUT2D eigenvalue weighted by Crippen LogP contribution is -2.44. The van der Waals surface area contributed by atoms with Crippen molar-refractivity contribution >= 4 is 10.0 Å². The van der Waals surface area contributed by atoms with Gasteiger partial charge in [-0.05, 0) is 43.1 Å². The Labute approximate surface area is 124 Å². The van der Waals surface area contributed by atoms with Crippen LogP contribution >= 0.6 is 0 Å². The molecule has 2 rings (SSSR count). The smallest absolute Gasteiger partial charge is 0.211 e. The van der Waals surface area contributed by atoms with Gasteiger partial charge in [-0.1, -0.05) is 20.8 Å². The molecule has 1 atom stereocenters. The van der Waals surface area contributed by atoms with Crippen LogP contribution in [0.1, 0.15) is 40.0 Å². The van der Waals surface area contributed by atoms with Crippen LogP contribution in [0.5, 0.6) is 0 Å². The standard InChI is InChI=1S/C15H30N2O2S/c1-13(2)14(3)11-16-8-5-15(12-16)6-9-17(10-7-15)20(4,18)19/h13-14H,5-12H2,1-4H3. The first kappa shape index (κ1) is 16.2. The molecule has 1 spiro atoms. The highest BCUT2D eigenvalue weighted by Crippen LogP contribution is 2.41. The Morgan fingerprint density at radius 2 is 1.60 bits per heavy atom. The van der Waals surface area contributed by atoms with Crippen LogP contribution in [0.4, 0.5) is 0 Å². The third-order valence-electron chi connectivity index (χ3n) is 5.45. The zero-order valence-corrected chi connectivity index (χ0v) is 14.2. The molecular weight excluding hydrogens is 272 g/mol. The minimum absolute atomic E-state index is 0.387. The molecule has 0 bridgehead atoms. The maximum absolute atomic E-state index is 11.6. The first-order chi connectivity index (χ1) is 9.22. The lowest BCUT2D eigenvalue weighted by molar-refractivity contribution is 0.147. The summed E-state index contributed by atoms with van der Waals surface area (Å²) in [5, 5.41) is 0. The van der Waals surface area contributed by atoms with Gasteiger partial charge in [-0.3, -0.25) is 0 Å². The number of rotatable bonds is 4. The molecule has 0 radical (unpaired) electrons. The van der Waals surface area contributed by atoms with E-state index in [2.05, 4.69) is 25.7 Å². The molecule has 2 heterocycles. The van der Waals surface area contributed by atoms with Gasteiger partial charge in [-0.25, -0.2) is 12.7 Å². The molecule has 5 heteroatoms. The van der Waals surface area contributed by atoms with Gasteiger partial charge in [-0.2, -0.15) is 0 Å². The molecule has 2 fully saturated rings. The second-order valence-corrected chi connectivity index (χ2v) is 9.35. The van der Waals surface area contributed by atoms with Gasteiger partial charge in [0.25, 0.3) is 0 Å². The Bertz CT molecular complexity index is 425. The summed E-state index contributed by atoms with van der Waals surface area (Å²) in [7, 11) is -3.00. The van der Waals surface area contributed by atoms with Crippen LogP contribution in [0.15, 0.2) is 0 Å². The van der Waals surface area contributed by atoms with Crippen molar-refractivity contribution in [1.29, 1.82) is 0 Å². The van der Waals surface area contributed by atoms with Crippen LogP contribution in [-0.2, 0) is 10.0 Å². The molecule has 118 valence electrons. The van der Waals surface area contributed by atoms with Crippen LogP contribution in [0.2, 0.25) is 0 Å².